The predicted octanol–water partition coefficient (Wildman–Crippen LogP) is 1.98. The van der Waals surface area contributed by atoms with Crippen molar-refractivity contribution in [3.8, 4) is 5.75 Å². The number of nitrogens with zero attached hydrogens (tertiary/aromatic N) is 2. The van der Waals surface area contributed by atoms with E-state index >= 15 is 0 Å². The number of benzene rings is 1. The number of nitrogens with two attached hydrogens (primary N) is 1. The largest absolute Gasteiger partial charge is 0.481 e. The molecule has 2 aliphatic rings. The van der Waals surface area contributed by atoms with Gasteiger partial charge < -0.3 is 20.3 Å². The van der Waals surface area contributed by atoms with Crippen LogP contribution in [0.2, 0.25) is 0 Å². The summed E-state index contributed by atoms with van der Waals surface area (Å²) in [6.45, 7) is 6.05. The number of halogens is 1. The van der Waals surface area contributed by atoms with Crippen LogP contribution in [0.25, 0.3) is 0 Å². The van der Waals surface area contributed by atoms with E-state index in [0.717, 1.165) is 30.6 Å². The van der Waals surface area contributed by atoms with Gasteiger partial charge in [-0.25, -0.2) is 0 Å². The fourth-order valence-corrected chi connectivity index (χ4v) is 3.83. The zero-order chi connectivity index (χ0) is 18.7. The molecule has 7 heteroatoms. The first kappa shape index (κ1) is 21.5. The smallest absolute Gasteiger partial charge is 0.263 e. The molecular formula is C20H30ClN3O3. The maximum absolute atomic E-state index is 12.7. The van der Waals surface area contributed by atoms with Crippen LogP contribution in [-0.4, -0.2) is 59.9 Å². The molecule has 3 unspecified atom stereocenters. The number of piperazine rings is 1. The molecule has 1 saturated carbocycles. The predicted molar refractivity (Wildman–Crippen MR) is 107 cm³/mol. The van der Waals surface area contributed by atoms with E-state index < -0.39 is 6.10 Å². The first-order chi connectivity index (χ1) is 12.5. The first-order valence-electron chi connectivity index (χ1n) is 9.51. The highest BCUT2D eigenvalue weighted by molar-refractivity contribution is 5.85. The molecule has 2 amide bonds. The minimum Gasteiger partial charge on any atom is -0.481 e. The number of ether oxygens (including phenoxy) is 1. The molecule has 150 valence electrons. The molecule has 0 radical (unpaired) electrons. The van der Waals surface area contributed by atoms with Crippen molar-refractivity contribution in [3.05, 3.63) is 29.8 Å². The third-order valence-electron chi connectivity index (χ3n) is 5.47. The van der Waals surface area contributed by atoms with Gasteiger partial charge in [-0.05, 0) is 44.7 Å². The van der Waals surface area contributed by atoms with Gasteiger partial charge in [0.15, 0.2) is 6.10 Å². The second-order valence-electron chi connectivity index (χ2n) is 7.45. The fraction of sp³-hybridized carbons (Fsp3) is 0.600. The van der Waals surface area contributed by atoms with E-state index in [-0.39, 0.29) is 36.2 Å². The topological polar surface area (TPSA) is 75.9 Å². The summed E-state index contributed by atoms with van der Waals surface area (Å²) in [5.41, 5.74) is 6.94. The number of aryl methyl sites for hydroxylation is 1. The van der Waals surface area contributed by atoms with E-state index in [2.05, 4.69) is 0 Å². The van der Waals surface area contributed by atoms with Gasteiger partial charge >= 0.3 is 0 Å². The van der Waals surface area contributed by atoms with Crippen LogP contribution in [-0.2, 0) is 9.59 Å². The summed E-state index contributed by atoms with van der Waals surface area (Å²) < 4.78 is 5.84. The molecule has 3 rings (SSSR count). The van der Waals surface area contributed by atoms with E-state index in [1.54, 1.807) is 11.8 Å². The van der Waals surface area contributed by atoms with Gasteiger partial charge in [-0.1, -0.05) is 18.2 Å². The van der Waals surface area contributed by atoms with Gasteiger partial charge in [-0.3, -0.25) is 9.59 Å². The quantitative estimate of drug-likeness (QED) is 0.845. The highest BCUT2D eigenvalue weighted by Gasteiger charge is 2.34. The summed E-state index contributed by atoms with van der Waals surface area (Å²) in [6, 6.07) is 7.85. The monoisotopic (exact) mass is 395 g/mol. The van der Waals surface area contributed by atoms with E-state index in [1.807, 2.05) is 36.1 Å². The Hall–Kier alpha value is -1.79. The van der Waals surface area contributed by atoms with Gasteiger partial charge in [0, 0.05) is 38.1 Å². The lowest BCUT2D eigenvalue weighted by molar-refractivity contribution is -0.145. The van der Waals surface area contributed by atoms with Crippen molar-refractivity contribution in [2.75, 3.05) is 26.2 Å². The molecule has 0 bridgehead atoms. The average molecular weight is 396 g/mol. The molecule has 6 nitrogen and oxygen atoms in total. The van der Waals surface area contributed by atoms with Crippen molar-refractivity contribution in [1.29, 1.82) is 0 Å². The SMILES string of the molecule is Cc1ccccc1OC(C)C(=O)N1CCN(C(=O)C2CCC(N)C2)CC1.Cl. The molecule has 2 fully saturated rings. The lowest BCUT2D eigenvalue weighted by Crippen LogP contribution is -2.54. The second kappa shape index (κ2) is 9.42. The number of carbonyl (C=O) groups excluding carboxylic acids is 2. The lowest BCUT2D eigenvalue weighted by Gasteiger charge is -2.37. The minimum absolute atomic E-state index is 0. The standard InChI is InChI=1S/C20H29N3O3.ClH/c1-14-5-3-4-6-18(14)26-15(2)19(24)22-9-11-23(12-10-22)20(25)16-7-8-17(21)13-16;/h3-6,15-17H,7-13,21H2,1-2H3;1H. The first-order valence-corrected chi connectivity index (χ1v) is 9.51. The number of carbonyl (C=O) groups is 2. The highest BCUT2D eigenvalue weighted by Crippen LogP contribution is 2.26. The lowest BCUT2D eigenvalue weighted by atomic mass is 10.1. The molecule has 1 saturated heterocycles. The van der Waals surface area contributed by atoms with E-state index in [0.29, 0.717) is 26.2 Å². The normalized spacial score (nSPS) is 23.5. The van der Waals surface area contributed by atoms with E-state index in [4.69, 9.17) is 10.5 Å². The minimum atomic E-state index is -0.536. The van der Waals surface area contributed by atoms with Crippen molar-refractivity contribution in [3.63, 3.8) is 0 Å². The number of hydrogen-bond donors (Lipinski definition) is 1. The van der Waals surface area contributed by atoms with Crippen molar-refractivity contribution in [2.24, 2.45) is 11.7 Å². The van der Waals surface area contributed by atoms with Gasteiger partial charge in [0.25, 0.3) is 5.91 Å². The van der Waals surface area contributed by atoms with Gasteiger partial charge in [0.2, 0.25) is 5.91 Å². The van der Waals surface area contributed by atoms with Crippen molar-refractivity contribution in [2.45, 2.75) is 45.3 Å². The Morgan fingerprint density at radius 1 is 1.11 bits per heavy atom. The fourth-order valence-electron chi connectivity index (χ4n) is 3.83. The summed E-state index contributed by atoms with van der Waals surface area (Å²) >= 11 is 0. The van der Waals surface area contributed by atoms with Crippen LogP contribution >= 0.6 is 12.4 Å². The van der Waals surface area contributed by atoms with Crippen LogP contribution in [0.1, 0.15) is 31.7 Å². The molecule has 27 heavy (non-hydrogen) atoms. The van der Waals surface area contributed by atoms with Crippen molar-refractivity contribution >= 4 is 24.2 Å². The molecule has 1 heterocycles. The molecule has 1 aromatic rings. The Morgan fingerprint density at radius 3 is 2.33 bits per heavy atom. The van der Waals surface area contributed by atoms with Crippen LogP contribution in [0.5, 0.6) is 5.75 Å². The molecule has 1 aliphatic heterocycles. The maximum atomic E-state index is 12.7. The summed E-state index contributed by atoms with van der Waals surface area (Å²) in [5, 5.41) is 0. The van der Waals surface area contributed by atoms with Crippen LogP contribution in [0.3, 0.4) is 0 Å². The Kier molecular flexibility index (Phi) is 7.50. The van der Waals surface area contributed by atoms with E-state index in [1.165, 1.54) is 0 Å². The van der Waals surface area contributed by atoms with Crippen LogP contribution in [0.4, 0.5) is 0 Å². The van der Waals surface area contributed by atoms with Crippen molar-refractivity contribution in [1.82, 2.24) is 9.80 Å². The Labute approximate surface area is 167 Å². The molecule has 1 aliphatic carbocycles. The van der Waals surface area contributed by atoms with Gasteiger partial charge in [-0.15, -0.1) is 12.4 Å². The zero-order valence-electron chi connectivity index (χ0n) is 16.1. The number of rotatable bonds is 4. The third-order valence-corrected chi connectivity index (χ3v) is 5.47. The van der Waals surface area contributed by atoms with Gasteiger partial charge in [0.05, 0.1) is 0 Å². The molecule has 1 aromatic carbocycles. The van der Waals surface area contributed by atoms with Gasteiger partial charge in [0.1, 0.15) is 5.75 Å². The summed E-state index contributed by atoms with van der Waals surface area (Å²) in [4.78, 5) is 28.9. The average Bonchev–Trinajstić information content (AvgIpc) is 3.09. The second-order valence-corrected chi connectivity index (χ2v) is 7.45. The Bertz CT molecular complexity index is 662. The van der Waals surface area contributed by atoms with Crippen LogP contribution in [0, 0.1) is 12.8 Å². The van der Waals surface area contributed by atoms with Gasteiger partial charge in [-0.2, -0.15) is 0 Å². The molecular weight excluding hydrogens is 366 g/mol. The summed E-state index contributed by atoms with van der Waals surface area (Å²) in [6.07, 6.45) is 2.08. The molecule has 3 atom stereocenters. The number of amides is 2. The molecule has 2 N–H and O–H groups in total. The summed E-state index contributed by atoms with van der Waals surface area (Å²) in [7, 11) is 0. The Balaban J connectivity index is 0.00000261. The molecule has 0 aromatic heterocycles. The zero-order valence-corrected chi connectivity index (χ0v) is 16.9. The maximum Gasteiger partial charge on any atom is 0.263 e. The van der Waals surface area contributed by atoms with Crippen LogP contribution < -0.4 is 10.5 Å². The van der Waals surface area contributed by atoms with Crippen molar-refractivity contribution < 1.29 is 14.3 Å². The Morgan fingerprint density at radius 2 is 1.74 bits per heavy atom. The number of hydrogen-bond acceptors (Lipinski definition) is 4. The van der Waals surface area contributed by atoms with E-state index in [9.17, 15) is 9.59 Å². The third kappa shape index (κ3) is 5.14. The molecule has 0 spiro atoms. The highest BCUT2D eigenvalue weighted by atomic mass is 35.5. The summed E-state index contributed by atoms with van der Waals surface area (Å²) in [5.74, 6) is 0.979. The van der Waals surface area contributed by atoms with Crippen LogP contribution in [0.15, 0.2) is 24.3 Å². The number of para-hydroxylation sites is 1.